The van der Waals surface area contributed by atoms with Crippen molar-refractivity contribution >= 4 is 23.8 Å². The average Bonchev–Trinajstić information content (AvgIpc) is 2.78. The normalized spacial score (nSPS) is 21.3. The summed E-state index contributed by atoms with van der Waals surface area (Å²) in [6.45, 7) is 6.70. The van der Waals surface area contributed by atoms with Crippen LogP contribution in [0, 0.1) is 5.41 Å². The van der Waals surface area contributed by atoms with Crippen LogP contribution in [0.3, 0.4) is 0 Å². The molecule has 1 atom stereocenters. The highest BCUT2D eigenvalue weighted by molar-refractivity contribution is 8.02. The number of rotatable bonds is 1. The highest BCUT2D eigenvalue weighted by atomic mass is 35.7. The Bertz CT molecular complexity index is 373. The molecule has 0 N–H and O–H groups in total. The van der Waals surface area contributed by atoms with Crippen LogP contribution >= 0.6 is 18.5 Å². The molecule has 0 saturated heterocycles. The number of halogens is 1. The van der Waals surface area contributed by atoms with E-state index in [2.05, 4.69) is 45.0 Å². The molecule has 1 aromatic rings. The van der Waals surface area contributed by atoms with Gasteiger partial charge < -0.3 is 0 Å². The number of benzene rings is 1. The summed E-state index contributed by atoms with van der Waals surface area (Å²) in [5.41, 5.74) is 1.54. The molecule has 14 heavy (non-hydrogen) atoms. The van der Waals surface area contributed by atoms with E-state index in [0.717, 1.165) is 0 Å². The molecule has 0 amide bonds. The van der Waals surface area contributed by atoms with Crippen LogP contribution in [0.4, 0.5) is 0 Å². The molecule has 0 nitrogen and oxygen atoms in total. The monoisotopic (exact) mass is 224 g/mol. The Balaban J connectivity index is 2.35. The fraction of sp³-hybridized carbons (Fsp3) is 0.333. The SMILES string of the molecule is CC(C)(C)C1=C(c2ccccc2)[P@]1Cl. The van der Waals surface area contributed by atoms with Gasteiger partial charge in [-0.2, -0.15) is 0 Å². The Morgan fingerprint density at radius 3 is 2.07 bits per heavy atom. The van der Waals surface area contributed by atoms with E-state index in [-0.39, 0.29) is 5.41 Å². The molecule has 0 spiro atoms. The summed E-state index contributed by atoms with van der Waals surface area (Å²) < 4.78 is 0. The highest BCUT2D eigenvalue weighted by Crippen LogP contribution is 2.81. The topological polar surface area (TPSA) is 0 Å². The summed E-state index contributed by atoms with van der Waals surface area (Å²) in [6.07, 6.45) is 0. The summed E-state index contributed by atoms with van der Waals surface area (Å²) in [5.74, 6) is 0. The molecule has 0 radical (unpaired) electrons. The van der Waals surface area contributed by atoms with Crippen LogP contribution in [-0.4, -0.2) is 0 Å². The molecule has 0 fully saturated rings. The minimum Gasteiger partial charge on any atom is -0.0861 e. The van der Waals surface area contributed by atoms with Gasteiger partial charge in [-0.15, -0.1) is 0 Å². The van der Waals surface area contributed by atoms with Gasteiger partial charge in [0.25, 0.3) is 0 Å². The Labute approximate surface area is 91.5 Å². The van der Waals surface area contributed by atoms with Gasteiger partial charge in [-0.25, -0.2) is 0 Å². The standard InChI is InChI=1S/C12H14ClP/c1-12(2,3)11-10(14(11)13)9-7-5-4-6-8-9/h4-8H,1-3H3/t14-/m0/s1. The number of allylic oxidation sites excluding steroid dienone is 1. The largest absolute Gasteiger partial charge is 0.0861 e. The van der Waals surface area contributed by atoms with Gasteiger partial charge >= 0.3 is 0 Å². The van der Waals surface area contributed by atoms with Gasteiger partial charge in [-0.05, 0) is 16.3 Å². The lowest BCUT2D eigenvalue weighted by Gasteiger charge is -2.12. The second-order valence-corrected chi connectivity index (χ2v) is 7.06. The van der Waals surface area contributed by atoms with Crippen molar-refractivity contribution in [3.05, 3.63) is 41.2 Å². The van der Waals surface area contributed by atoms with E-state index in [4.69, 9.17) is 11.2 Å². The fourth-order valence-corrected chi connectivity index (χ4v) is 5.12. The molecule has 0 aliphatic carbocycles. The van der Waals surface area contributed by atoms with Gasteiger partial charge in [0.2, 0.25) is 0 Å². The van der Waals surface area contributed by atoms with Crippen molar-refractivity contribution in [3.8, 4) is 0 Å². The zero-order chi connectivity index (χ0) is 10.3. The van der Waals surface area contributed by atoms with Crippen LogP contribution in [-0.2, 0) is 0 Å². The molecule has 2 rings (SSSR count). The summed E-state index contributed by atoms with van der Waals surface area (Å²) in [6, 6.07) is 10.5. The maximum absolute atomic E-state index is 6.33. The van der Waals surface area contributed by atoms with Crippen molar-refractivity contribution < 1.29 is 0 Å². The van der Waals surface area contributed by atoms with Crippen LogP contribution < -0.4 is 0 Å². The van der Waals surface area contributed by atoms with Gasteiger partial charge in [0.05, 0.1) is 7.27 Å². The van der Waals surface area contributed by atoms with Crippen molar-refractivity contribution in [2.75, 3.05) is 0 Å². The summed E-state index contributed by atoms with van der Waals surface area (Å²) in [7, 11) is -0.456. The molecule has 1 heterocycles. The van der Waals surface area contributed by atoms with E-state index < -0.39 is 7.27 Å². The van der Waals surface area contributed by atoms with Gasteiger partial charge in [0.1, 0.15) is 0 Å². The van der Waals surface area contributed by atoms with Crippen molar-refractivity contribution in [1.82, 2.24) is 0 Å². The van der Waals surface area contributed by atoms with Crippen molar-refractivity contribution in [2.24, 2.45) is 5.41 Å². The van der Waals surface area contributed by atoms with Crippen LogP contribution in [0.2, 0.25) is 0 Å². The second-order valence-electron chi connectivity index (χ2n) is 4.59. The van der Waals surface area contributed by atoms with Crippen molar-refractivity contribution in [3.63, 3.8) is 0 Å². The molecular weight excluding hydrogens is 211 g/mol. The minimum atomic E-state index is -0.456. The number of hydrogen-bond acceptors (Lipinski definition) is 0. The van der Waals surface area contributed by atoms with E-state index in [0.29, 0.717) is 0 Å². The molecule has 74 valence electrons. The lowest BCUT2D eigenvalue weighted by Crippen LogP contribution is -2.00. The van der Waals surface area contributed by atoms with Crippen LogP contribution in [0.25, 0.3) is 5.31 Å². The average molecular weight is 225 g/mol. The third-order valence-electron chi connectivity index (χ3n) is 2.32. The third kappa shape index (κ3) is 1.74. The van der Waals surface area contributed by atoms with E-state index in [1.807, 2.05) is 6.07 Å². The molecule has 0 unspecified atom stereocenters. The van der Waals surface area contributed by atoms with Gasteiger partial charge in [0, 0.05) is 5.31 Å². The smallest absolute Gasteiger partial charge is 0.0505 e. The van der Waals surface area contributed by atoms with E-state index in [1.54, 1.807) is 0 Å². The second kappa shape index (κ2) is 3.36. The maximum atomic E-state index is 6.33. The lowest BCUT2D eigenvalue weighted by molar-refractivity contribution is 0.540. The Morgan fingerprint density at radius 1 is 1.07 bits per heavy atom. The first-order valence-corrected chi connectivity index (χ1v) is 7.02. The van der Waals surface area contributed by atoms with Gasteiger partial charge in [-0.1, -0.05) is 62.3 Å². The Morgan fingerprint density at radius 2 is 1.64 bits per heavy atom. The van der Waals surface area contributed by atoms with Crippen molar-refractivity contribution in [2.45, 2.75) is 20.8 Å². The molecule has 1 aliphatic heterocycles. The first-order chi connectivity index (χ1) is 6.52. The fourth-order valence-electron chi connectivity index (χ4n) is 1.64. The lowest BCUT2D eigenvalue weighted by atomic mass is 9.95. The predicted molar refractivity (Wildman–Crippen MR) is 65.6 cm³/mol. The molecular formula is C12H14ClP. The van der Waals surface area contributed by atoms with Crippen molar-refractivity contribution in [1.29, 1.82) is 0 Å². The van der Waals surface area contributed by atoms with Gasteiger partial charge in [-0.3, -0.25) is 0 Å². The zero-order valence-corrected chi connectivity index (χ0v) is 10.4. The Hall–Kier alpha value is -0.320. The zero-order valence-electron chi connectivity index (χ0n) is 8.71. The predicted octanol–water partition coefficient (Wildman–Crippen LogP) is 5.05. The first kappa shape index (κ1) is 10.2. The van der Waals surface area contributed by atoms with Crippen LogP contribution in [0.15, 0.2) is 35.6 Å². The number of hydrogen-bond donors (Lipinski definition) is 0. The molecule has 0 saturated carbocycles. The minimum absolute atomic E-state index is 0.235. The molecule has 0 aromatic heterocycles. The summed E-state index contributed by atoms with van der Waals surface area (Å²) in [4.78, 5) is 0. The molecule has 1 aliphatic rings. The van der Waals surface area contributed by atoms with Gasteiger partial charge in [0.15, 0.2) is 0 Å². The third-order valence-corrected chi connectivity index (χ3v) is 5.28. The Kier molecular flexibility index (Phi) is 2.45. The van der Waals surface area contributed by atoms with E-state index in [1.165, 1.54) is 16.2 Å². The molecule has 2 heteroatoms. The molecule has 1 aromatic carbocycles. The van der Waals surface area contributed by atoms with Crippen LogP contribution in [0.5, 0.6) is 0 Å². The van der Waals surface area contributed by atoms with Crippen LogP contribution in [0.1, 0.15) is 26.3 Å². The highest BCUT2D eigenvalue weighted by Gasteiger charge is 2.42. The molecule has 0 bridgehead atoms. The van der Waals surface area contributed by atoms with E-state index >= 15 is 0 Å². The van der Waals surface area contributed by atoms with E-state index in [9.17, 15) is 0 Å². The quantitative estimate of drug-likeness (QED) is 0.586. The summed E-state index contributed by atoms with van der Waals surface area (Å²) in [5, 5.41) is 2.86. The first-order valence-electron chi connectivity index (χ1n) is 4.78. The maximum Gasteiger partial charge on any atom is 0.0505 e. The summed E-state index contributed by atoms with van der Waals surface area (Å²) >= 11 is 6.33.